The minimum atomic E-state index is -0.579. The number of halogens is 1. The lowest BCUT2D eigenvalue weighted by atomic mass is 10.1. The largest absolute Gasteiger partial charge is 0.377 e. The van der Waals surface area contributed by atoms with Gasteiger partial charge in [-0.3, -0.25) is 14.6 Å². The van der Waals surface area contributed by atoms with Crippen LogP contribution >= 0.6 is 24.0 Å². The van der Waals surface area contributed by atoms with Gasteiger partial charge in [-0.2, -0.15) is 0 Å². The summed E-state index contributed by atoms with van der Waals surface area (Å²) >= 11 is 0. The molecule has 9 heteroatoms. The molecule has 1 aromatic carbocycles. The Hall–Kier alpha value is -1.88. The molecule has 0 spiro atoms. The highest BCUT2D eigenvalue weighted by Gasteiger charge is 2.16. The molecule has 0 aliphatic heterocycles. The fourth-order valence-corrected chi connectivity index (χ4v) is 1.82. The maximum Gasteiger partial charge on any atom is 0.251 e. The lowest BCUT2D eigenvalue weighted by molar-refractivity contribution is -0.117. The number of ether oxygens (including phenoxy) is 1. The molecule has 0 fully saturated rings. The normalized spacial score (nSPS) is 11.3. The summed E-state index contributed by atoms with van der Waals surface area (Å²) in [7, 11) is 3.36. The fourth-order valence-electron chi connectivity index (χ4n) is 1.82. The van der Waals surface area contributed by atoms with Gasteiger partial charge in [0.05, 0.1) is 12.1 Å². The van der Waals surface area contributed by atoms with Crippen LogP contribution in [-0.2, 0) is 16.1 Å². The molecule has 1 rings (SSSR count). The van der Waals surface area contributed by atoms with Gasteiger partial charge in [-0.05, 0) is 31.5 Å². The number of hydrogen-bond acceptors (Lipinski definition) is 4. The monoisotopic (exact) mass is 477 g/mol. The van der Waals surface area contributed by atoms with E-state index in [1.807, 2.05) is 26.0 Å². The van der Waals surface area contributed by atoms with Gasteiger partial charge < -0.3 is 26.4 Å². The number of benzene rings is 1. The van der Waals surface area contributed by atoms with Gasteiger partial charge in [0.2, 0.25) is 5.91 Å². The molecule has 1 aromatic rings. The molecule has 146 valence electrons. The van der Waals surface area contributed by atoms with Crippen LogP contribution in [0.5, 0.6) is 0 Å². The first-order valence-electron chi connectivity index (χ1n) is 7.92. The van der Waals surface area contributed by atoms with Crippen LogP contribution in [0.15, 0.2) is 29.3 Å². The Morgan fingerprint density at radius 1 is 1.15 bits per heavy atom. The number of amides is 2. The first kappa shape index (κ1) is 24.1. The summed E-state index contributed by atoms with van der Waals surface area (Å²) in [6.45, 7) is 4.95. The number of nitrogens with two attached hydrogens (primary N) is 1. The number of nitrogens with one attached hydrogen (secondary N) is 3. The lowest BCUT2D eigenvalue weighted by Crippen LogP contribution is -2.45. The molecular weight excluding hydrogens is 449 g/mol. The molecule has 0 aliphatic rings. The topological polar surface area (TPSA) is 118 Å². The van der Waals surface area contributed by atoms with Crippen LogP contribution in [0.3, 0.4) is 0 Å². The first-order valence-corrected chi connectivity index (χ1v) is 7.92. The Morgan fingerprint density at radius 3 is 2.27 bits per heavy atom. The van der Waals surface area contributed by atoms with Gasteiger partial charge in [-0.25, -0.2) is 0 Å². The molecule has 0 saturated carbocycles. The molecule has 0 bridgehead atoms. The van der Waals surface area contributed by atoms with Gasteiger partial charge in [-0.15, -0.1) is 24.0 Å². The van der Waals surface area contributed by atoms with Gasteiger partial charge in [0, 0.05) is 32.8 Å². The molecule has 26 heavy (non-hydrogen) atoms. The second-order valence-corrected chi connectivity index (χ2v) is 6.09. The van der Waals surface area contributed by atoms with Crippen molar-refractivity contribution in [3.63, 3.8) is 0 Å². The third-order valence-corrected chi connectivity index (χ3v) is 3.56. The second-order valence-electron chi connectivity index (χ2n) is 6.09. The molecule has 5 N–H and O–H groups in total. The number of carbonyl (C=O) groups is 2. The van der Waals surface area contributed by atoms with Crippen LogP contribution in [0.25, 0.3) is 0 Å². The third-order valence-electron chi connectivity index (χ3n) is 3.56. The SMILES string of the molecule is CN=C(NCc1ccc(C(=O)NCC(N)=O)cc1)NCC(C)(C)OC.I. The maximum atomic E-state index is 11.8. The number of carbonyl (C=O) groups excluding carboxylic acids is 2. The highest BCUT2D eigenvalue weighted by Crippen LogP contribution is 2.06. The van der Waals surface area contributed by atoms with E-state index >= 15 is 0 Å². The smallest absolute Gasteiger partial charge is 0.251 e. The molecule has 0 aromatic heterocycles. The van der Waals surface area contributed by atoms with Crippen molar-refractivity contribution in [1.82, 2.24) is 16.0 Å². The Kier molecular flexibility index (Phi) is 10.8. The van der Waals surface area contributed by atoms with E-state index in [-0.39, 0.29) is 42.0 Å². The number of guanidine groups is 1. The third kappa shape index (κ3) is 8.99. The summed E-state index contributed by atoms with van der Waals surface area (Å²) in [5, 5.41) is 8.83. The molecule has 2 amide bonds. The average Bonchev–Trinajstić information content (AvgIpc) is 2.60. The minimum Gasteiger partial charge on any atom is -0.377 e. The standard InChI is InChI=1S/C17H27N5O3.HI/c1-17(2,25-4)11-22-16(19-3)21-9-12-5-7-13(8-6-12)15(24)20-10-14(18)23;/h5-8H,9-11H2,1-4H3,(H2,18,23)(H,20,24)(H2,19,21,22);1H. The fraction of sp³-hybridized carbons (Fsp3) is 0.471. The van der Waals surface area contributed by atoms with E-state index in [4.69, 9.17) is 10.5 Å². The molecule has 0 heterocycles. The van der Waals surface area contributed by atoms with Crippen LogP contribution in [0.2, 0.25) is 0 Å². The number of methoxy groups -OCH3 is 1. The van der Waals surface area contributed by atoms with Crippen molar-refractivity contribution >= 4 is 41.8 Å². The van der Waals surface area contributed by atoms with Crippen molar-refractivity contribution < 1.29 is 14.3 Å². The zero-order valence-electron chi connectivity index (χ0n) is 15.6. The highest BCUT2D eigenvalue weighted by molar-refractivity contribution is 14.0. The number of primary amides is 1. The Bertz CT molecular complexity index is 617. The zero-order chi connectivity index (χ0) is 18.9. The van der Waals surface area contributed by atoms with Crippen LogP contribution < -0.4 is 21.7 Å². The van der Waals surface area contributed by atoms with Crippen molar-refractivity contribution in [3.05, 3.63) is 35.4 Å². The number of rotatable bonds is 8. The van der Waals surface area contributed by atoms with E-state index in [1.54, 1.807) is 26.3 Å². The average molecular weight is 477 g/mol. The second kappa shape index (κ2) is 11.7. The van der Waals surface area contributed by atoms with Crippen molar-refractivity contribution in [2.24, 2.45) is 10.7 Å². The summed E-state index contributed by atoms with van der Waals surface area (Å²) < 4.78 is 5.35. The van der Waals surface area contributed by atoms with Gasteiger partial charge in [0.15, 0.2) is 5.96 Å². The van der Waals surface area contributed by atoms with E-state index in [1.165, 1.54) is 0 Å². The summed E-state index contributed by atoms with van der Waals surface area (Å²) in [5.74, 6) is -0.254. The maximum absolute atomic E-state index is 11.8. The molecular formula is C17H28IN5O3. The minimum absolute atomic E-state index is 0. The Labute approximate surface area is 171 Å². The Morgan fingerprint density at radius 2 is 1.77 bits per heavy atom. The van der Waals surface area contributed by atoms with Crippen molar-refractivity contribution in [2.45, 2.75) is 26.0 Å². The number of aliphatic imine (C=N–C) groups is 1. The quantitative estimate of drug-likeness (QED) is 0.249. The van der Waals surface area contributed by atoms with Crippen molar-refractivity contribution in [2.75, 3.05) is 27.2 Å². The molecule has 0 aliphatic carbocycles. The van der Waals surface area contributed by atoms with E-state index in [2.05, 4.69) is 20.9 Å². The summed E-state index contributed by atoms with van der Waals surface area (Å²) in [4.78, 5) is 26.6. The zero-order valence-corrected chi connectivity index (χ0v) is 17.9. The summed E-state index contributed by atoms with van der Waals surface area (Å²) in [5.41, 5.74) is 6.16. The van der Waals surface area contributed by atoms with E-state index in [9.17, 15) is 9.59 Å². The Balaban J connectivity index is 0.00000625. The van der Waals surface area contributed by atoms with Gasteiger partial charge in [0.25, 0.3) is 5.91 Å². The van der Waals surface area contributed by atoms with Gasteiger partial charge in [0.1, 0.15) is 0 Å². The predicted molar refractivity (Wildman–Crippen MR) is 113 cm³/mol. The van der Waals surface area contributed by atoms with Crippen LogP contribution in [0.4, 0.5) is 0 Å². The molecule has 8 nitrogen and oxygen atoms in total. The van der Waals surface area contributed by atoms with E-state index in [0.29, 0.717) is 24.6 Å². The van der Waals surface area contributed by atoms with Crippen LogP contribution in [0, 0.1) is 0 Å². The van der Waals surface area contributed by atoms with Crippen LogP contribution in [0.1, 0.15) is 29.8 Å². The van der Waals surface area contributed by atoms with E-state index < -0.39 is 5.91 Å². The predicted octanol–water partition coefficient (Wildman–Crippen LogP) is 0.610. The first-order chi connectivity index (χ1) is 11.8. The number of nitrogens with zero attached hydrogens (tertiary/aromatic N) is 1. The van der Waals surface area contributed by atoms with E-state index in [0.717, 1.165) is 5.56 Å². The van der Waals surface area contributed by atoms with Gasteiger partial charge in [-0.1, -0.05) is 12.1 Å². The van der Waals surface area contributed by atoms with Gasteiger partial charge >= 0.3 is 0 Å². The molecule has 0 saturated heterocycles. The lowest BCUT2D eigenvalue weighted by Gasteiger charge is -2.24. The van der Waals surface area contributed by atoms with Crippen molar-refractivity contribution in [1.29, 1.82) is 0 Å². The molecule has 0 atom stereocenters. The molecule has 0 radical (unpaired) electrons. The molecule has 0 unspecified atom stereocenters. The summed E-state index contributed by atoms with van der Waals surface area (Å²) in [6.07, 6.45) is 0. The highest BCUT2D eigenvalue weighted by atomic mass is 127. The van der Waals surface area contributed by atoms with Crippen molar-refractivity contribution in [3.8, 4) is 0 Å². The summed E-state index contributed by atoms with van der Waals surface area (Å²) in [6, 6.07) is 7.05. The number of hydrogen-bond donors (Lipinski definition) is 4. The van der Waals surface area contributed by atoms with Crippen LogP contribution in [-0.4, -0.2) is 50.6 Å².